The van der Waals surface area contributed by atoms with Crippen molar-refractivity contribution in [3.8, 4) is 11.6 Å². The summed E-state index contributed by atoms with van der Waals surface area (Å²) in [7, 11) is 1.75. The monoisotopic (exact) mass is 481 g/mol. The van der Waals surface area contributed by atoms with Crippen LogP contribution in [-0.4, -0.2) is 56.2 Å². The van der Waals surface area contributed by atoms with Gasteiger partial charge in [-0.3, -0.25) is 4.79 Å². The smallest absolute Gasteiger partial charge is 0.329 e. The van der Waals surface area contributed by atoms with Crippen molar-refractivity contribution in [2.75, 3.05) is 13.2 Å². The fourth-order valence-electron chi connectivity index (χ4n) is 4.75. The van der Waals surface area contributed by atoms with E-state index >= 15 is 0 Å². The van der Waals surface area contributed by atoms with Crippen LogP contribution in [0, 0.1) is 11.8 Å². The summed E-state index contributed by atoms with van der Waals surface area (Å²) in [6, 6.07) is 8.73. The molecule has 10 nitrogen and oxygen atoms in total. The molecule has 3 atom stereocenters. The summed E-state index contributed by atoms with van der Waals surface area (Å²) in [6.07, 6.45) is 6.10. The van der Waals surface area contributed by atoms with Crippen molar-refractivity contribution in [1.82, 2.24) is 25.3 Å². The number of pyridine rings is 1. The molecular formula is C25H31N5O5. The average Bonchev–Trinajstić information content (AvgIpc) is 3.21. The Kier molecular flexibility index (Phi) is 7.91. The van der Waals surface area contributed by atoms with Crippen molar-refractivity contribution in [1.29, 1.82) is 0 Å². The minimum Gasteiger partial charge on any atom is -0.480 e. The highest BCUT2D eigenvalue weighted by atomic mass is 16.5. The van der Waals surface area contributed by atoms with Gasteiger partial charge in [0.15, 0.2) is 0 Å². The molecule has 1 saturated carbocycles. The van der Waals surface area contributed by atoms with Crippen LogP contribution in [0.25, 0.3) is 11.0 Å². The minimum atomic E-state index is -0.944. The van der Waals surface area contributed by atoms with Crippen molar-refractivity contribution in [3.63, 3.8) is 0 Å². The molecule has 3 unspecified atom stereocenters. The Morgan fingerprint density at radius 1 is 1.20 bits per heavy atom. The number of hydrogen-bond donors (Lipinski definition) is 2. The third kappa shape index (κ3) is 6.33. The molecule has 35 heavy (non-hydrogen) atoms. The number of aryl methyl sites for hydroxylation is 1. The number of hydrogen-bond acceptors (Lipinski definition) is 7. The second-order valence-electron chi connectivity index (χ2n) is 8.98. The van der Waals surface area contributed by atoms with Gasteiger partial charge >= 0.3 is 5.97 Å². The summed E-state index contributed by atoms with van der Waals surface area (Å²) in [5.41, 5.74) is 1.80. The van der Waals surface area contributed by atoms with Crippen LogP contribution < -0.4 is 10.1 Å². The predicted molar refractivity (Wildman–Crippen MR) is 128 cm³/mol. The van der Waals surface area contributed by atoms with E-state index < -0.39 is 5.97 Å². The zero-order valence-electron chi connectivity index (χ0n) is 20.0. The van der Waals surface area contributed by atoms with Gasteiger partial charge in [-0.2, -0.15) is 15.0 Å². The molecule has 2 N–H and O–H groups in total. The number of fused-ring (bicyclic) bond motifs is 1. The quantitative estimate of drug-likeness (QED) is 0.450. The van der Waals surface area contributed by atoms with Gasteiger partial charge in [0.2, 0.25) is 5.88 Å². The lowest BCUT2D eigenvalue weighted by atomic mass is 9.77. The number of carboxylic acid groups (broad SMARTS) is 1. The van der Waals surface area contributed by atoms with E-state index in [9.17, 15) is 9.59 Å². The fraction of sp³-hybridized carbons (Fsp3) is 0.480. The van der Waals surface area contributed by atoms with Crippen LogP contribution in [-0.2, 0) is 16.6 Å². The van der Waals surface area contributed by atoms with E-state index in [-0.39, 0.29) is 24.5 Å². The summed E-state index contributed by atoms with van der Waals surface area (Å²) >= 11 is 0. The Bertz CT molecular complexity index is 1180. The average molecular weight is 482 g/mol. The van der Waals surface area contributed by atoms with E-state index in [2.05, 4.69) is 27.4 Å². The highest BCUT2D eigenvalue weighted by Gasteiger charge is 2.31. The molecule has 1 aliphatic rings. The Hall–Kier alpha value is -3.53. The van der Waals surface area contributed by atoms with Crippen molar-refractivity contribution in [2.24, 2.45) is 18.9 Å². The Morgan fingerprint density at radius 2 is 2.03 bits per heavy atom. The van der Waals surface area contributed by atoms with E-state index in [0.717, 1.165) is 37.6 Å². The van der Waals surface area contributed by atoms with Crippen LogP contribution in [0.5, 0.6) is 11.6 Å². The maximum Gasteiger partial charge on any atom is 0.329 e. The lowest BCUT2D eigenvalue weighted by molar-refractivity contribution is -0.146. The maximum absolute atomic E-state index is 13.0. The van der Waals surface area contributed by atoms with Crippen LogP contribution >= 0.6 is 0 Å². The van der Waals surface area contributed by atoms with E-state index in [1.54, 1.807) is 37.5 Å². The highest BCUT2D eigenvalue weighted by Crippen LogP contribution is 2.34. The maximum atomic E-state index is 13.0. The number of aliphatic carboxylic acids is 1. The SMILES string of the molecule is CCCC1CC(CNC(=O)c2cccnc2Oc2ccc3nn(C)nc3c2)CCC1OCC(=O)O. The van der Waals surface area contributed by atoms with E-state index in [0.29, 0.717) is 35.2 Å². The molecule has 3 aromatic rings. The third-order valence-electron chi connectivity index (χ3n) is 6.34. The lowest BCUT2D eigenvalue weighted by Gasteiger charge is -2.36. The molecule has 1 aromatic carbocycles. The summed E-state index contributed by atoms with van der Waals surface area (Å²) in [5, 5.41) is 20.5. The Morgan fingerprint density at radius 3 is 2.83 bits per heavy atom. The number of benzene rings is 1. The molecule has 186 valence electrons. The number of rotatable bonds is 10. The Labute approximate surface area is 203 Å². The van der Waals surface area contributed by atoms with Gasteiger partial charge in [-0.25, -0.2) is 9.78 Å². The molecule has 2 heterocycles. The largest absolute Gasteiger partial charge is 0.480 e. The van der Waals surface area contributed by atoms with Crippen LogP contribution in [0.2, 0.25) is 0 Å². The van der Waals surface area contributed by atoms with Crippen molar-refractivity contribution >= 4 is 22.9 Å². The molecule has 1 fully saturated rings. The molecular weight excluding hydrogens is 450 g/mol. The molecule has 0 radical (unpaired) electrons. The topological polar surface area (TPSA) is 128 Å². The molecule has 0 bridgehead atoms. The summed E-state index contributed by atoms with van der Waals surface area (Å²) in [5.74, 6) is 0.157. The van der Waals surface area contributed by atoms with Gasteiger partial charge in [0.1, 0.15) is 29.0 Å². The number of nitrogens with zero attached hydrogens (tertiary/aromatic N) is 4. The number of aromatic nitrogens is 4. The normalized spacial score (nSPS) is 20.0. The zero-order chi connectivity index (χ0) is 24.8. The van der Waals surface area contributed by atoms with Gasteiger partial charge in [0.25, 0.3) is 5.91 Å². The van der Waals surface area contributed by atoms with Crippen molar-refractivity contribution in [3.05, 3.63) is 42.1 Å². The van der Waals surface area contributed by atoms with Crippen LogP contribution in [0.15, 0.2) is 36.5 Å². The summed E-state index contributed by atoms with van der Waals surface area (Å²) in [4.78, 5) is 29.7. The van der Waals surface area contributed by atoms with Gasteiger partial charge in [0, 0.05) is 25.9 Å². The van der Waals surface area contributed by atoms with E-state index in [4.69, 9.17) is 14.6 Å². The van der Waals surface area contributed by atoms with Crippen LogP contribution in [0.3, 0.4) is 0 Å². The summed E-state index contributed by atoms with van der Waals surface area (Å²) < 4.78 is 11.6. The number of carbonyl (C=O) groups is 2. The van der Waals surface area contributed by atoms with Gasteiger partial charge in [-0.15, -0.1) is 0 Å². The van der Waals surface area contributed by atoms with Crippen molar-refractivity contribution < 1.29 is 24.2 Å². The first-order valence-corrected chi connectivity index (χ1v) is 12.0. The number of ether oxygens (including phenoxy) is 2. The predicted octanol–water partition coefficient (Wildman–Crippen LogP) is 3.57. The van der Waals surface area contributed by atoms with Gasteiger partial charge < -0.3 is 19.9 Å². The standard InChI is InChI=1S/C25H31N5O5/c1-3-5-17-12-16(7-10-22(17)34-15-23(31)32)14-27-24(33)19-6-4-11-26-25(19)35-18-8-9-20-21(13-18)29-30(2)28-20/h4,6,8-9,11,13,16-17,22H,3,5,7,10,12,14-15H2,1-2H3,(H,27,33)(H,31,32). The van der Waals surface area contributed by atoms with Gasteiger partial charge in [-0.1, -0.05) is 13.3 Å². The first-order valence-electron chi connectivity index (χ1n) is 12.0. The molecule has 2 aromatic heterocycles. The molecule has 0 aliphatic heterocycles. The molecule has 0 spiro atoms. The second kappa shape index (κ2) is 11.3. The number of carbonyl (C=O) groups excluding carboxylic acids is 1. The van der Waals surface area contributed by atoms with Crippen LogP contribution in [0.4, 0.5) is 0 Å². The number of nitrogens with one attached hydrogen (secondary N) is 1. The molecule has 1 amide bonds. The fourth-order valence-corrected chi connectivity index (χ4v) is 4.75. The molecule has 1 aliphatic carbocycles. The van der Waals surface area contributed by atoms with Gasteiger partial charge in [0.05, 0.1) is 6.10 Å². The number of carboxylic acids is 1. The zero-order valence-corrected chi connectivity index (χ0v) is 20.0. The summed E-state index contributed by atoms with van der Waals surface area (Å²) in [6.45, 7) is 2.39. The minimum absolute atomic E-state index is 0.0389. The van der Waals surface area contributed by atoms with Crippen LogP contribution in [0.1, 0.15) is 49.4 Å². The molecule has 4 rings (SSSR count). The second-order valence-corrected chi connectivity index (χ2v) is 8.98. The van der Waals surface area contributed by atoms with Gasteiger partial charge in [-0.05, 0) is 61.8 Å². The first kappa shape index (κ1) is 24.6. The molecule has 0 saturated heterocycles. The Balaban J connectivity index is 1.37. The number of amides is 1. The van der Waals surface area contributed by atoms with Crippen molar-refractivity contribution in [2.45, 2.75) is 45.1 Å². The van der Waals surface area contributed by atoms with E-state index in [1.807, 2.05) is 6.07 Å². The molecule has 10 heteroatoms. The van der Waals surface area contributed by atoms with E-state index in [1.165, 1.54) is 4.80 Å². The third-order valence-corrected chi connectivity index (χ3v) is 6.34. The first-order chi connectivity index (χ1) is 16.9. The lowest BCUT2D eigenvalue weighted by Crippen LogP contribution is -2.38. The highest BCUT2D eigenvalue weighted by molar-refractivity contribution is 5.96.